The molecule has 2 rings (SSSR count). The Morgan fingerprint density at radius 1 is 1.39 bits per heavy atom. The molecule has 0 spiro atoms. The molecule has 0 bridgehead atoms. The Labute approximate surface area is 117 Å². The third-order valence-electron chi connectivity index (χ3n) is 4.23. The summed E-state index contributed by atoms with van der Waals surface area (Å²) in [5, 5.41) is 0. The summed E-state index contributed by atoms with van der Waals surface area (Å²) in [6.45, 7) is 2.25. The Morgan fingerprint density at radius 3 is 2.67 bits per heavy atom. The van der Waals surface area contributed by atoms with Crippen LogP contribution in [0, 0.1) is 11.7 Å². The van der Waals surface area contributed by atoms with Gasteiger partial charge in [-0.15, -0.1) is 0 Å². The van der Waals surface area contributed by atoms with Crippen LogP contribution in [0.5, 0.6) is 0 Å². The fourth-order valence-corrected chi connectivity index (χ4v) is 3.28. The molecule has 0 heterocycles. The van der Waals surface area contributed by atoms with Crippen molar-refractivity contribution in [3.05, 3.63) is 34.1 Å². The summed E-state index contributed by atoms with van der Waals surface area (Å²) in [6.07, 6.45) is 6.53. The summed E-state index contributed by atoms with van der Waals surface area (Å²) in [6, 6.07) is 4.85. The highest BCUT2D eigenvalue weighted by Gasteiger charge is 2.31. The fraction of sp³-hybridized carbons (Fsp3) is 0.600. The van der Waals surface area contributed by atoms with Gasteiger partial charge in [0.1, 0.15) is 5.82 Å². The zero-order valence-electron chi connectivity index (χ0n) is 10.9. The Balaban J connectivity index is 2.06. The monoisotopic (exact) mass is 313 g/mol. The Hall–Kier alpha value is -0.410. The average Bonchev–Trinajstić information content (AvgIpc) is 2.35. The molecule has 100 valence electrons. The zero-order chi connectivity index (χ0) is 13.2. The van der Waals surface area contributed by atoms with Crippen molar-refractivity contribution in [2.24, 2.45) is 11.7 Å². The third-order valence-corrected chi connectivity index (χ3v) is 5.00. The van der Waals surface area contributed by atoms with Gasteiger partial charge in [0.15, 0.2) is 0 Å². The lowest BCUT2D eigenvalue weighted by atomic mass is 9.73. The van der Waals surface area contributed by atoms with Crippen LogP contribution in [0.3, 0.4) is 0 Å². The van der Waals surface area contributed by atoms with Gasteiger partial charge in [-0.05, 0) is 61.8 Å². The van der Waals surface area contributed by atoms with Crippen LogP contribution in [0.25, 0.3) is 0 Å². The van der Waals surface area contributed by atoms with Crippen LogP contribution >= 0.6 is 15.9 Å². The highest BCUT2D eigenvalue weighted by Crippen LogP contribution is 2.35. The minimum absolute atomic E-state index is 0.151. The molecule has 1 aromatic rings. The van der Waals surface area contributed by atoms with Crippen molar-refractivity contribution in [3.8, 4) is 0 Å². The van der Waals surface area contributed by atoms with E-state index in [0.717, 1.165) is 35.2 Å². The average molecular weight is 314 g/mol. The molecule has 0 aliphatic heterocycles. The second-order valence-electron chi connectivity index (χ2n) is 5.63. The molecule has 0 amide bonds. The number of hydrogen-bond acceptors (Lipinski definition) is 1. The molecule has 1 aliphatic rings. The van der Waals surface area contributed by atoms with E-state index in [-0.39, 0.29) is 11.4 Å². The van der Waals surface area contributed by atoms with Crippen LogP contribution in [-0.4, -0.2) is 5.54 Å². The SMILES string of the molecule is CCC1CCC(N)(Cc2cc(F)ccc2Br)CC1. The van der Waals surface area contributed by atoms with Gasteiger partial charge in [0.05, 0.1) is 0 Å². The molecule has 0 radical (unpaired) electrons. The Kier molecular flexibility index (Phi) is 4.44. The van der Waals surface area contributed by atoms with Crippen LogP contribution < -0.4 is 5.73 Å². The fourth-order valence-electron chi connectivity index (χ4n) is 2.90. The van der Waals surface area contributed by atoms with Crippen molar-refractivity contribution in [1.29, 1.82) is 0 Å². The van der Waals surface area contributed by atoms with Crippen LogP contribution in [0.1, 0.15) is 44.6 Å². The van der Waals surface area contributed by atoms with Crippen LogP contribution in [0.4, 0.5) is 4.39 Å². The van der Waals surface area contributed by atoms with Crippen molar-refractivity contribution >= 4 is 15.9 Å². The minimum Gasteiger partial charge on any atom is -0.325 e. The normalized spacial score (nSPS) is 28.3. The van der Waals surface area contributed by atoms with E-state index in [2.05, 4.69) is 22.9 Å². The lowest BCUT2D eigenvalue weighted by molar-refractivity contribution is 0.228. The molecule has 1 aliphatic carbocycles. The van der Waals surface area contributed by atoms with Gasteiger partial charge in [-0.1, -0.05) is 29.3 Å². The molecule has 3 heteroatoms. The summed E-state index contributed by atoms with van der Waals surface area (Å²) in [5.74, 6) is 0.650. The first-order valence-electron chi connectivity index (χ1n) is 6.75. The molecular formula is C15H21BrFN. The standard InChI is InChI=1S/C15H21BrFN/c1-2-11-5-7-15(18,8-6-11)10-12-9-13(17)3-4-14(12)16/h3-4,9,11H,2,5-8,10,18H2,1H3. The van der Waals surface area contributed by atoms with Crippen molar-refractivity contribution in [2.45, 2.75) is 51.0 Å². The van der Waals surface area contributed by atoms with Gasteiger partial charge in [0.2, 0.25) is 0 Å². The number of hydrogen-bond donors (Lipinski definition) is 1. The molecule has 1 aromatic carbocycles. The predicted molar refractivity (Wildman–Crippen MR) is 77.0 cm³/mol. The van der Waals surface area contributed by atoms with Gasteiger partial charge in [-0.25, -0.2) is 4.39 Å². The van der Waals surface area contributed by atoms with E-state index >= 15 is 0 Å². The van der Waals surface area contributed by atoms with E-state index in [1.807, 2.05) is 0 Å². The summed E-state index contributed by atoms with van der Waals surface area (Å²) >= 11 is 3.48. The van der Waals surface area contributed by atoms with E-state index < -0.39 is 0 Å². The molecule has 1 saturated carbocycles. The number of benzene rings is 1. The topological polar surface area (TPSA) is 26.0 Å². The van der Waals surface area contributed by atoms with Crippen LogP contribution in [0.15, 0.2) is 22.7 Å². The van der Waals surface area contributed by atoms with E-state index in [1.165, 1.54) is 25.3 Å². The van der Waals surface area contributed by atoms with E-state index in [1.54, 1.807) is 12.1 Å². The van der Waals surface area contributed by atoms with E-state index in [0.29, 0.717) is 0 Å². The molecule has 0 unspecified atom stereocenters. The molecule has 0 saturated heterocycles. The number of nitrogens with two attached hydrogens (primary N) is 1. The summed E-state index contributed by atoms with van der Waals surface area (Å²) < 4.78 is 14.2. The van der Waals surface area contributed by atoms with Gasteiger partial charge in [-0.3, -0.25) is 0 Å². The second kappa shape index (κ2) is 5.70. The van der Waals surface area contributed by atoms with Crippen LogP contribution in [0.2, 0.25) is 0 Å². The first kappa shape index (κ1) is 14.0. The van der Waals surface area contributed by atoms with Crippen molar-refractivity contribution in [2.75, 3.05) is 0 Å². The van der Waals surface area contributed by atoms with Crippen LogP contribution in [-0.2, 0) is 6.42 Å². The maximum absolute atomic E-state index is 13.3. The molecule has 0 atom stereocenters. The summed E-state index contributed by atoms with van der Waals surface area (Å²) in [4.78, 5) is 0. The van der Waals surface area contributed by atoms with Gasteiger partial charge >= 0.3 is 0 Å². The molecule has 1 nitrogen and oxygen atoms in total. The van der Waals surface area contributed by atoms with Crippen molar-refractivity contribution in [3.63, 3.8) is 0 Å². The molecule has 0 aromatic heterocycles. The highest BCUT2D eigenvalue weighted by atomic mass is 79.9. The van der Waals surface area contributed by atoms with E-state index in [4.69, 9.17) is 5.73 Å². The predicted octanol–water partition coefficient (Wildman–Crippen LogP) is 4.43. The van der Waals surface area contributed by atoms with Gasteiger partial charge in [0, 0.05) is 10.0 Å². The largest absolute Gasteiger partial charge is 0.325 e. The number of halogens is 2. The first-order chi connectivity index (χ1) is 8.52. The van der Waals surface area contributed by atoms with Crippen molar-refractivity contribution < 1.29 is 4.39 Å². The zero-order valence-corrected chi connectivity index (χ0v) is 12.5. The van der Waals surface area contributed by atoms with Gasteiger partial charge in [0.25, 0.3) is 0 Å². The number of rotatable bonds is 3. The van der Waals surface area contributed by atoms with Gasteiger partial charge < -0.3 is 5.73 Å². The smallest absolute Gasteiger partial charge is 0.123 e. The molecule has 1 fully saturated rings. The molecule has 2 N–H and O–H groups in total. The Bertz CT molecular complexity index is 411. The quantitative estimate of drug-likeness (QED) is 0.877. The molecular weight excluding hydrogens is 293 g/mol. The lowest BCUT2D eigenvalue weighted by Crippen LogP contribution is -2.45. The van der Waals surface area contributed by atoms with E-state index in [9.17, 15) is 4.39 Å². The highest BCUT2D eigenvalue weighted by molar-refractivity contribution is 9.10. The minimum atomic E-state index is -0.181. The summed E-state index contributed by atoms with van der Waals surface area (Å²) in [5.41, 5.74) is 7.33. The maximum Gasteiger partial charge on any atom is 0.123 e. The molecule has 18 heavy (non-hydrogen) atoms. The maximum atomic E-state index is 13.3. The first-order valence-corrected chi connectivity index (χ1v) is 7.54. The van der Waals surface area contributed by atoms with Crippen molar-refractivity contribution in [1.82, 2.24) is 0 Å². The summed E-state index contributed by atoms with van der Waals surface area (Å²) in [7, 11) is 0. The second-order valence-corrected chi connectivity index (χ2v) is 6.48. The third kappa shape index (κ3) is 3.33. The lowest BCUT2D eigenvalue weighted by Gasteiger charge is -2.37. The van der Waals surface area contributed by atoms with Gasteiger partial charge in [-0.2, -0.15) is 0 Å². The Morgan fingerprint density at radius 2 is 2.06 bits per heavy atom.